The van der Waals surface area contributed by atoms with E-state index in [1.807, 2.05) is 0 Å². The summed E-state index contributed by atoms with van der Waals surface area (Å²) in [6.07, 6.45) is -9.62. The smallest absolute Gasteiger partial charge is 0.366 e. The molecule has 1 aromatic rings. The Morgan fingerprint density at radius 3 is 1.95 bits per heavy atom. The lowest BCUT2D eigenvalue weighted by Gasteiger charge is -2.36. The molecule has 0 amide bonds. The van der Waals surface area contributed by atoms with Crippen molar-refractivity contribution in [3.05, 3.63) is 29.3 Å². The van der Waals surface area contributed by atoms with Crippen molar-refractivity contribution in [2.45, 2.75) is 25.3 Å². The average Bonchev–Trinajstić information content (AvgIpc) is 2.36. The monoisotopic (exact) mass is 312 g/mol. The van der Waals surface area contributed by atoms with Gasteiger partial charge in [-0.25, -0.2) is 0 Å². The van der Waals surface area contributed by atoms with Crippen molar-refractivity contribution < 1.29 is 26.3 Å². The molecule has 1 heterocycles. The lowest BCUT2D eigenvalue weighted by molar-refractivity contribution is -0.143. The van der Waals surface area contributed by atoms with Crippen molar-refractivity contribution in [2.24, 2.45) is 0 Å². The van der Waals surface area contributed by atoms with Gasteiger partial charge in [0.2, 0.25) is 0 Å². The fourth-order valence-electron chi connectivity index (χ4n) is 2.33. The fraction of sp³-hybridized carbons (Fsp3) is 0.538. The first-order valence-corrected chi connectivity index (χ1v) is 6.36. The highest BCUT2D eigenvalue weighted by Gasteiger charge is 2.37. The molecule has 8 heteroatoms. The Hall–Kier alpha value is -1.44. The van der Waals surface area contributed by atoms with E-state index in [0.29, 0.717) is 19.6 Å². The Labute approximate surface area is 117 Å². The minimum absolute atomic E-state index is 0.0499. The Kier molecular flexibility index (Phi) is 4.10. The van der Waals surface area contributed by atoms with Gasteiger partial charge in [-0.1, -0.05) is 0 Å². The van der Waals surface area contributed by atoms with Crippen molar-refractivity contribution in [3.8, 4) is 0 Å². The number of alkyl halides is 6. The van der Waals surface area contributed by atoms with Gasteiger partial charge in [0, 0.05) is 31.4 Å². The second kappa shape index (κ2) is 5.40. The van der Waals surface area contributed by atoms with E-state index in [1.165, 1.54) is 0 Å². The molecule has 0 aliphatic carbocycles. The maximum Gasteiger partial charge on any atom is 0.416 e. The Morgan fingerprint density at radius 1 is 1.00 bits per heavy atom. The van der Waals surface area contributed by atoms with E-state index in [1.54, 1.807) is 11.8 Å². The van der Waals surface area contributed by atoms with Crippen LogP contribution >= 0.6 is 0 Å². The molecule has 1 fully saturated rings. The van der Waals surface area contributed by atoms with Crippen LogP contribution in [-0.4, -0.2) is 25.7 Å². The van der Waals surface area contributed by atoms with Gasteiger partial charge >= 0.3 is 12.4 Å². The van der Waals surface area contributed by atoms with Crippen molar-refractivity contribution in [1.29, 1.82) is 0 Å². The lowest BCUT2D eigenvalue weighted by atomic mass is 10.1. The normalized spacial score (nSPS) is 20.7. The van der Waals surface area contributed by atoms with Gasteiger partial charge in [0.05, 0.1) is 11.1 Å². The molecule has 2 rings (SSSR count). The Bertz CT molecular complexity index is 476. The second-order valence-electron chi connectivity index (χ2n) is 5.01. The molecule has 1 aromatic carbocycles. The second-order valence-corrected chi connectivity index (χ2v) is 5.01. The molecule has 1 aliphatic heterocycles. The van der Waals surface area contributed by atoms with Gasteiger partial charge in [-0.05, 0) is 25.1 Å². The number of nitrogens with zero attached hydrogens (tertiary/aromatic N) is 1. The van der Waals surface area contributed by atoms with Gasteiger partial charge in [0.25, 0.3) is 0 Å². The van der Waals surface area contributed by atoms with Gasteiger partial charge in [-0.3, -0.25) is 0 Å². The van der Waals surface area contributed by atoms with Crippen molar-refractivity contribution in [1.82, 2.24) is 5.32 Å². The van der Waals surface area contributed by atoms with Crippen LogP contribution in [-0.2, 0) is 12.4 Å². The average molecular weight is 312 g/mol. The molecule has 1 aliphatic rings. The minimum Gasteiger partial charge on any atom is -0.366 e. The van der Waals surface area contributed by atoms with Crippen molar-refractivity contribution in [2.75, 3.05) is 24.5 Å². The molecule has 1 saturated heterocycles. The van der Waals surface area contributed by atoms with Crippen molar-refractivity contribution in [3.63, 3.8) is 0 Å². The number of hydrogen-bond donors (Lipinski definition) is 1. The van der Waals surface area contributed by atoms with Gasteiger partial charge in [-0.15, -0.1) is 0 Å². The van der Waals surface area contributed by atoms with Gasteiger partial charge in [0.15, 0.2) is 0 Å². The third-order valence-electron chi connectivity index (χ3n) is 3.41. The zero-order valence-electron chi connectivity index (χ0n) is 11.1. The molecule has 0 radical (unpaired) electrons. The summed E-state index contributed by atoms with van der Waals surface area (Å²) in [6, 6.07) is 1.52. The maximum atomic E-state index is 12.8. The summed E-state index contributed by atoms with van der Waals surface area (Å²) < 4.78 is 76.8. The summed E-state index contributed by atoms with van der Waals surface area (Å²) in [5.41, 5.74) is -2.61. The van der Waals surface area contributed by atoms with Crippen LogP contribution in [0.25, 0.3) is 0 Å². The third-order valence-corrected chi connectivity index (χ3v) is 3.41. The molecule has 0 aromatic heterocycles. The predicted octanol–water partition coefficient (Wildman–Crippen LogP) is 3.52. The Morgan fingerprint density at radius 2 is 1.52 bits per heavy atom. The summed E-state index contributed by atoms with van der Waals surface area (Å²) in [5.74, 6) is 0. The summed E-state index contributed by atoms with van der Waals surface area (Å²) >= 11 is 0. The predicted molar refractivity (Wildman–Crippen MR) is 66.1 cm³/mol. The van der Waals surface area contributed by atoms with E-state index >= 15 is 0 Å². The molecule has 2 nitrogen and oxygen atoms in total. The lowest BCUT2D eigenvalue weighted by Crippen LogP contribution is -2.50. The van der Waals surface area contributed by atoms with Gasteiger partial charge < -0.3 is 10.2 Å². The van der Waals surface area contributed by atoms with Crippen LogP contribution in [0.1, 0.15) is 18.1 Å². The van der Waals surface area contributed by atoms with E-state index in [0.717, 1.165) is 12.1 Å². The van der Waals surface area contributed by atoms with Crippen LogP contribution in [0.15, 0.2) is 18.2 Å². The Balaban J connectivity index is 2.49. The van der Waals surface area contributed by atoms with Crippen LogP contribution < -0.4 is 10.2 Å². The molecule has 118 valence electrons. The number of hydrogen-bond acceptors (Lipinski definition) is 2. The molecular weight excluding hydrogens is 298 g/mol. The fourth-order valence-corrected chi connectivity index (χ4v) is 2.33. The van der Waals surface area contributed by atoms with E-state index < -0.39 is 23.5 Å². The first kappa shape index (κ1) is 15.9. The SMILES string of the molecule is CC1CNCCN1c1cc(C(F)(F)F)cc(C(F)(F)F)c1. The van der Waals surface area contributed by atoms with Crippen LogP contribution in [0.5, 0.6) is 0 Å². The molecule has 0 bridgehead atoms. The molecule has 0 saturated carbocycles. The van der Waals surface area contributed by atoms with E-state index in [4.69, 9.17) is 0 Å². The van der Waals surface area contributed by atoms with Crippen molar-refractivity contribution >= 4 is 5.69 Å². The highest BCUT2D eigenvalue weighted by atomic mass is 19.4. The number of rotatable bonds is 1. The first-order valence-electron chi connectivity index (χ1n) is 6.36. The molecule has 0 spiro atoms. The number of benzene rings is 1. The van der Waals surface area contributed by atoms with E-state index in [-0.39, 0.29) is 17.8 Å². The summed E-state index contributed by atoms with van der Waals surface area (Å²) in [5, 5.41) is 3.04. The van der Waals surface area contributed by atoms with Gasteiger partial charge in [-0.2, -0.15) is 26.3 Å². The third kappa shape index (κ3) is 3.61. The molecule has 21 heavy (non-hydrogen) atoms. The molecule has 1 unspecified atom stereocenters. The number of nitrogens with one attached hydrogen (secondary N) is 1. The molecule has 1 atom stereocenters. The number of halogens is 6. The van der Waals surface area contributed by atoms with Crippen LogP contribution in [0, 0.1) is 0 Å². The molecule has 1 N–H and O–H groups in total. The highest BCUT2D eigenvalue weighted by Crippen LogP contribution is 2.38. The van der Waals surface area contributed by atoms with Crippen LogP contribution in [0.4, 0.5) is 32.0 Å². The van der Waals surface area contributed by atoms with E-state index in [9.17, 15) is 26.3 Å². The van der Waals surface area contributed by atoms with Gasteiger partial charge in [0.1, 0.15) is 0 Å². The zero-order valence-corrected chi connectivity index (χ0v) is 11.1. The zero-order chi connectivity index (χ0) is 15.8. The largest absolute Gasteiger partial charge is 0.416 e. The summed E-state index contributed by atoms with van der Waals surface area (Å²) in [7, 11) is 0. The molecular formula is C13H14F6N2. The number of anilines is 1. The van der Waals surface area contributed by atoms with E-state index in [2.05, 4.69) is 5.32 Å². The van der Waals surface area contributed by atoms with Crippen LogP contribution in [0.3, 0.4) is 0 Å². The summed E-state index contributed by atoms with van der Waals surface area (Å²) in [4.78, 5) is 1.56. The van der Waals surface area contributed by atoms with Crippen LogP contribution in [0.2, 0.25) is 0 Å². The number of piperazine rings is 1. The standard InChI is InChI=1S/C13H14F6N2/c1-8-7-20-2-3-21(8)11-5-9(12(14,15)16)4-10(6-11)13(17,18)19/h4-6,8,20H,2-3,7H2,1H3. The first-order chi connectivity index (χ1) is 9.59. The summed E-state index contributed by atoms with van der Waals surface area (Å²) in [6.45, 7) is 3.14. The minimum atomic E-state index is -4.81. The quantitative estimate of drug-likeness (QED) is 0.798. The highest BCUT2D eigenvalue weighted by molar-refractivity contribution is 5.53. The topological polar surface area (TPSA) is 15.3 Å². The maximum absolute atomic E-state index is 12.8.